The van der Waals surface area contributed by atoms with Gasteiger partial charge in [0.2, 0.25) is 6.41 Å². The van der Waals surface area contributed by atoms with Crippen molar-refractivity contribution in [2.45, 2.75) is 6.92 Å². The van der Waals surface area contributed by atoms with E-state index < -0.39 is 0 Å². The summed E-state index contributed by atoms with van der Waals surface area (Å²) in [4.78, 5) is 31.5. The monoisotopic (exact) mass is 354 g/mol. The predicted octanol–water partition coefficient (Wildman–Crippen LogP) is 2.01. The number of pyridine rings is 1. The number of benzene rings is 1. The summed E-state index contributed by atoms with van der Waals surface area (Å²) in [6.07, 6.45) is 2.50. The first-order valence-electron chi connectivity index (χ1n) is 8.64. The minimum atomic E-state index is -0.190. The van der Waals surface area contributed by atoms with Gasteiger partial charge in [-0.25, -0.2) is 4.98 Å². The fraction of sp³-hybridized carbons (Fsp3) is 0.316. The van der Waals surface area contributed by atoms with Crippen LogP contribution in [0.25, 0.3) is 0 Å². The molecule has 26 heavy (non-hydrogen) atoms. The number of anilines is 2. The van der Waals surface area contributed by atoms with Crippen molar-refractivity contribution in [1.29, 1.82) is 0 Å². The molecule has 7 nitrogen and oxygen atoms in total. The Balaban J connectivity index is 1.65. The van der Waals surface area contributed by atoms with Gasteiger partial charge >= 0.3 is 0 Å². The minimum absolute atomic E-state index is 0.190. The van der Waals surface area contributed by atoms with Crippen LogP contribution < -0.4 is 15.0 Å². The zero-order valence-electron chi connectivity index (χ0n) is 14.7. The number of carbonyl (C=O) groups is 2. The smallest absolute Gasteiger partial charge is 0.255 e. The van der Waals surface area contributed by atoms with Crippen molar-refractivity contribution in [3.05, 3.63) is 48.2 Å². The van der Waals surface area contributed by atoms with Gasteiger partial charge in [-0.05, 0) is 43.3 Å². The standard InChI is InChI=1S/C19H22N4O3/c1-2-26-17-5-3-16(4-6-17)21-19(25)15-7-8-20-18(13-15)23-11-9-22(14-24)10-12-23/h3-8,13-14H,2,9-12H2,1H3,(H,21,25). The minimum Gasteiger partial charge on any atom is -0.494 e. The molecule has 0 radical (unpaired) electrons. The maximum absolute atomic E-state index is 12.5. The van der Waals surface area contributed by atoms with E-state index >= 15 is 0 Å². The van der Waals surface area contributed by atoms with Crippen molar-refractivity contribution in [1.82, 2.24) is 9.88 Å². The van der Waals surface area contributed by atoms with Gasteiger partial charge in [-0.2, -0.15) is 0 Å². The summed E-state index contributed by atoms with van der Waals surface area (Å²) in [5.41, 5.74) is 1.25. The first-order chi connectivity index (χ1) is 12.7. The van der Waals surface area contributed by atoms with E-state index in [2.05, 4.69) is 15.2 Å². The Labute approximate surface area is 152 Å². The second-order valence-electron chi connectivity index (χ2n) is 5.94. The topological polar surface area (TPSA) is 74.8 Å². The quantitative estimate of drug-likeness (QED) is 0.803. The number of rotatable bonds is 6. The molecule has 0 spiro atoms. The lowest BCUT2D eigenvalue weighted by atomic mass is 10.2. The molecule has 0 unspecified atom stereocenters. The summed E-state index contributed by atoms with van der Waals surface area (Å²) in [7, 11) is 0. The number of ether oxygens (including phenoxy) is 1. The van der Waals surface area contributed by atoms with Crippen LogP contribution in [0.15, 0.2) is 42.6 Å². The fourth-order valence-corrected chi connectivity index (χ4v) is 2.79. The molecule has 0 atom stereocenters. The van der Waals surface area contributed by atoms with Crippen LogP contribution in [0.3, 0.4) is 0 Å². The Morgan fingerprint density at radius 1 is 1.19 bits per heavy atom. The predicted molar refractivity (Wildman–Crippen MR) is 99.7 cm³/mol. The van der Waals surface area contributed by atoms with Gasteiger partial charge in [0, 0.05) is 43.6 Å². The summed E-state index contributed by atoms with van der Waals surface area (Å²) in [6.45, 7) is 5.26. The average Bonchev–Trinajstić information content (AvgIpc) is 2.70. The highest BCUT2D eigenvalue weighted by atomic mass is 16.5. The number of aromatic nitrogens is 1. The van der Waals surface area contributed by atoms with Crippen LogP contribution in [0, 0.1) is 0 Å². The molecule has 1 aliphatic rings. The maximum atomic E-state index is 12.5. The van der Waals surface area contributed by atoms with Gasteiger partial charge in [-0.15, -0.1) is 0 Å². The Bertz CT molecular complexity index is 756. The van der Waals surface area contributed by atoms with Crippen LogP contribution in [-0.2, 0) is 4.79 Å². The van der Waals surface area contributed by atoms with E-state index in [1.807, 2.05) is 31.2 Å². The third-order valence-electron chi connectivity index (χ3n) is 4.22. The Hall–Kier alpha value is -3.09. The van der Waals surface area contributed by atoms with Gasteiger partial charge in [0.05, 0.1) is 6.61 Å². The maximum Gasteiger partial charge on any atom is 0.255 e. The SMILES string of the molecule is CCOc1ccc(NC(=O)c2ccnc(N3CCN(C=O)CC3)c2)cc1. The highest BCUT2D eigenvalue weighted by molar-refractivity contribution is 6.04. The van der Waals surface area contributed by atoms with E-state index in [1.165, 1.54) is 0 Å². The highest BCUT2D eigenvalue weighted by Crippen LogP contribution is 2.18. The molecule has 1 aliphatic heterocycles. The molecule has 1 fully saturated rings. The molecule has 0 aliphatic carbocycles. The van der Waals surface area contributed by atoms with Crippen molar-refractivity contribution in [2.75, 3.05) is 43.0 Å². The van der Waals surface area contributed by atoms with E-state index in [1.54, 1.807) is 23.2 Å². The van der Waals surface area contributed by atoms with Gasteiger partial charge < -0.3 is 19.9 Å². The van der Waals surface area contributed by atoms with Crippen LogP contribution in [-0.4, -0.2) is 55.0 Å². The lowest BCUT2D eigenvalue weighted by Crippen LogP contribution is -2.46. The number of piperazine rings is 1. The van der Waals surface area contributed by atoms with Crippen molar-refractivity contribution in [3.8, 4) is 5.75 Å². The summed E-state index contributed by atoms with van der Waals surface area (Å²) in [5, 5.41) is 2.88. The summed E-state index contributed by atoms with van der Waals surface area (Å²) in [5.74, 6) is 1.32. The van der Waals surface area contributed by atoms with Crippen LogP contribution in [0.1, 0.15) is 17.3 Å². The molecule has 136 valence electrons. The number of hydrogen-bond donors (Lipinski definition) is 1. The molecular formula is C19H22N4O3. The van der Waals surface area contributed by atoms with E-state index in [0.29, 0.717) is 44.0 Å². The molecule has 1 aromatic carbocycles. The first kappa shape index (κ1) is 17.7. The molecule has 2 heterocycles. The summed E-state index contributed by atoms with van der Waals surface area (Å²) >= 11 is 0. The molecule has 2 amide bonds. The molecule has 0 bridgehead atoms. The second-order valence-corrected chi connectivity index (χ2v) is 5.94. The Kier molecular flexibility index (Phi) is 5.68. The van der Waals surface area contributed by atoms with Gasteiger partial charge in [-0.3, -0.25) is 9.59 Å². The molecule has 3 rings (SSSR count). The van der Waals surface area contributed by atoms with Crippen LogP contribution >= 0.6 is 0 Å². The van der Waals surface area contributed by atoms with Crippen molar-refractivity contribution >= 4 is 23.8 Å². The largest absolute Gasteiger partial charge is 0.494 e. The third kappa shape index (κ3) is 4.30. The molecule has 0 saturated carbocycles. The average molecular weight is 354 g/mol. The zero-order chi connectivity index (χ0) is 18.4. The lowest BCUT2D eigenvalue weighted by molar-refractivity contribution is -0.118. The number of nitrogens with zero attached hydrogens (tertiary/aromatic N) is 3. The lowest BCUT2D eigenvalue weighted by Gasteiger charge is -2.33. The first-order valence-corrected chi connectivity index (χ1v) is 8.64. The van der Waals surface area contributed by atoms with E-state index in [-0.39, 0.29) is 5.91 Å². The third-order valence-corrected chi connectivity index (χ3v) is 4.22. The van der Waals surface area contributed by atoms with Crippen molar-refractivity contribution in [3.63, 3.8) is 0 Å². The molecule has 1 aromatic heterocycles. The van der Waals surface area contributed by atoms with Crippen LogP contribution in [0.4, 0.5) is 11.5 Å². The Morgan fingerprint density at radius 3 is 2.58 bits per heavy atom. The van der Waals surface area contributed by atoms with E-state index in [9.17, 15) is 9.59 Å². The number of hydrogen-bond acceptors (Lipinski definition) is 5. The van der Waals surface area contributed by atoms with Gasteiger partial charge in [0.15, 0.2) is 0 Å². The van der Waals surface area contributed by atoms with E-state index in [0.717, 1.165) is 18.0 Å². The van der Waals surface area contributed by atoms with Gasteiger partial charge in [0.25, 0.3) is 5.91 Å². The van der Waals surface area contributed by atoms with Crippen LogP contribution in [0.5, 0.6) is 5.75 Å². The molecule has 2 aromatic rings. The normalized spacial score (nSPS) is 14.0. The molecule has 1 N–H and O–H groups in total. The van der Waals surface area contributed by atoms with Crippen molar-refractivity contribution in [2.24, 2.45) is 0 Å². The molecular weight excluding hydrogens is 332 g/mol. The summed E-state index contributed by atoms with van der Waals surface area (Å²) < 4.78 is 5.40. The van der Waals surface area contributed by atoms with Gasteiger partial charge in [0.1, 0.15) is 11.6 Å². The molecule has 1 saturated heterocycles. The van der Waals surface area contributed by atoms with E-state index in [4.69, 9.17) is 4.74 Å². The van der Waals surface area contributed by atoms with Gasteiger partial charge in [-0.1, -0.05) is 0 Å². The van der Waals surface area contributed by atoms with Crippen LogP contribution in [0.2, 0.25) is 0 Å². The summed E-state index contributed by atoms with van der Waals surface area (Å²) in [6, 6.07) is 10.7. The number of nitrogens with one attached hydrogen (secondary N) is 1. The fourth-order valence-electron chi connectivity index (χ4n) is 2.79. The number of carbonyl (C=O) groups excluding carboxylic acids is 2. The second kappa shape index (κ2) is 8.33. The number of amides is 2. The van der Waals surface area contributed by atoms with Crippen molar-refractivity contribution < 1.29 is 14.3 Å². The highest BCUT2D eigenvalue weighted by Gasteiger charge is 2.18. The zero-order valence-corrected chi connectivity index (χ0v) is 14.7. The Morgan fingerprint density at radius 2 is 1.92 bits per heavy atom. The molecule has 7 heteroatoms.